The van der Waals surface area contributed by atoms with Crippen LogP contribution in [0.25, 0.3) is 0 Å². The summed E-state index contributed by atoms with van der Waals surface area (Å²) in [7, 11) is 1.89. The van der Waals surface area contributed by atoms with E-state index < -0.39 is 4.92 Å². The summed E-state index contributed by atoms with van der Waals surface area (Å²) in [6.45, 7) is 2.08. The van der Waals surface area contributed by atoms with Crippen LogP contribution in [0.1, 0.15) is 5.56 Å². The SMILES string of the molecule is CO.C[N+](=O)[O-].Cc1ccccc1. The Morgan fingerprint density at radius 1 is 1.23 bits per heavy atom. The first-order valence-electron chi connectivity index (χ1n) is 3.67. The molecule has 0 aliphatic rings. The summed E-state index contributed by atoms with van der Waals surface area (Å²) in [5.41, 5.74) is 1.32. The Bertz CT molecular complexity index is 207. The highest BCUT2D eigenvalue weighted by molar-refractivity contribution is 5.11. The molecule has 0 spiro atoms. The van der Waals surface area contributed by atoms with E-state index >= 15 is 0 Å². The summed E-state index contributed by atoms with van der Waals surface area (Å²) in [6.07, 6.45) is 0. The Morgan fingerprint density at radius 2 is 1.54 bits per heavy atom. The average Bonchev–Trinajstić information content (AvgIpc) is 2.08. The van der Waals surface area contributed by atoms with E-state index in [0.717, 1.165) is 14.2 Å². The maximum atomic E-state index is 8.81. The van der Waals surface area contributed by atoms with Crippen molar-refractivity contribution < 1.29 is 10.0 Å². The van der Waals surface area contributed by atoms with E-state index in [-0.39, 0.29) is 0 Å². The molecule has 0 aromatic heterocycles. The summed E-state index contributed by atoms with van der Waals surface area (Å²) in [5, 5.41) is 15.8. The van der Waals surface area contributed by atoms with Crippen molar-refractivity contribution >= 4 is 0 Å². The van der Waals surface area contributed by atoms with E-state index in [4.69, 9.17) is 15.2 Å². The lowest BCUT2D eigenvalue weighted by atomic mass is 10.2. The molecular formula is C9H15NO3. The molecule has 0 atom stereocenters. The molecule has 0 saturated heterocycles. The molecule has 4 heteroatoms. The standard InChI is InChI=1S/C7H8.CH3NO2.CH4O/c1-7-5-3-2-4-6-7;1-2(3)4;1-2/h2-6H,1H3;1H3;2H,1H3. The Hall–Kier alpha value is -1.42. The van der Waals surface area contributed by atoms with Gasteiger partial charge in [-0.1, -0.05) is 35.9 Å². The van der Waals surface area contributed by atoms with Crippen LogP contribution in [-0.4, -0.2) is 24.2 Å². The number of aliphatic hydroxyl groups excluding tert-OH is 1. The fourth-order valence-electron chi connectivity index (χ4n) is 0.534. The zero-order valence-electron chi connectivity index (χ0n) is 8.10. The van der Waals surface area contributed by atoms with Crippen molar-refractivity contribution in [3.05, 3.63) is 46.0 Å². The average molecular weight is 185 g/mol. The third-order valence-corrected chi connectivity index (χ3v) is 0.940. The Kier molecular flexibility index (Phi) is 11.5. The van der Waals surface area contributed by atoms with Gasteiger partial charge >= 0.3 is 0 Å². The fourth-order valence-corrected chi connectivity index (χ4v) is 0.534. The maximum absolute atomic E-state index is 8.81. The van der Waals surface area contributed by atoms with Crippen LogP contribution in [0.2, 0.25) is 0 Å². The molecule has 1 N–H and O–H groups in total. The molecule has 4 nitrogen and oxygen atoms in total. The monoisotopic (exact) mass is 185 g/mol. The van der Waals surface area contributed by atoms with Gasteiger partial charge in [-0.3, -0.25) is 10.1 Å². The van der Waals surface area contributed by atoms with Crippen LogP contribution in [0.5, 0.6) is 0 Å². The topological polar surface area (TPSA) is 63.4 Å². The van der Waals surface area contributed by atoms with Gasteiger partial charge in [-0.15, -0.1) is 0 Å². The number of aliphatic hydroxyl groups is 1. The van der Waals surface area contributed by atoms with E-state index in [0.29, 0.717) is 0 Å². The molecule has 13 heavy (non-hydrogen) atoms. The highest BCUT2D eigenvalue weighted by Crippen LogP contribution is 1.92. The minimum absolute atomic E-state index is 0.500. The highest BCUT2D eigenvalue weighted by Gasteiger charge is 1.72. The van der Waals surface area contributed by atoms with Crippen molar-refractivity contribution in [3.63, 3.8) is 0 Å². The first-order chi connectivity index (χ1) is 6.13. The summed E-state index contributed by atoms with van der Waals surface area (Å²) in [4.78, 5) is 8.31. The van der Waals surface area contributed by atoms with Crippen LogP contribution in [0.3, 0.4) is 0 Å². The molecule has 0 amide bonds. The van der Waals surface area contributed by atoms with Gasteiger partial charge < -0.3 is 5.11 Å². The van der Waals surface area contributed by atoms with Gasteiger partial charge in [0.2, 0.25) is 0 Å². The maximum Gasteiger partial charge on any atom is 0.194 e. The molecule has 0 heterocycles. The van der Waals surface area contributed by atoms with Crippen molar-refractivity contribution in [1.82, 2.24) is 0 Å². The summed E-state index contributed by atoms with van der Waals surface area (Å²) < 4.78 is 0. The van der Waals surface area contributed by atoms with Gasteiger partial charge in [0.25, 0.3) is 0 Å². The van der Waals surface area contributed by atoms with Crippen molar-refractivity contribution in [1.29, 1.82) is 0 Å². The second kappa shape index (κ2) is 10.6. The number of nitro groups is 1. The van der Waals surface area contributed by atoms with Gasteiger partial charge in [-0.2, -0.15) is 0 Å². The molecular weight excluding hydrogens is 170 g/mol. The Labute approximate surface area is 78.0 Å². The second-order valence-corrected chi connectivity index (χ2v) is 2.09. The van der Waals surface area contributed by atoms with E-state index in [1.54, 1.807) is 0 Å². The van der Waals surface area contributed by atoms with Crippen LogP contribution in [0.4, 0.5) is 0 Å². The summed E-state index contributed by atoms with van der Waals surface area (Å²) in [6, 6.07) is 10.3. The fraction of sp³-hybridized carbons (Fsp3) is 0.333. The molecule has 0 unspecified atom stereocenters. The zero-order chi connectivity index (χ0) is 10.7. The summed E-state index contributed by atoms with van der Waals surface area (Å²) >= 11 is 0. The molecule has 0 fully saturated rings. The van der Waals surface area contributed by atoms with Gasteiger partial charge in [0.15, 0.2) is 7.05 Å². The van der Waals surface area contributed by atoms with Crippen LogP contribution in [0, 0.1) is 17.0 Å². The third kappa shape index (κ3) is 18.0. The minimum atomic E-state index is -0.500. The number of rotatable bonds is 0. The van der Waals surface area contributed by atoms with Gasteiger partial charge in [-0.05, 0) is 6.92 Å². The number of aryl methyl sites for hydroxylation is 1. The van der Waals surface area contributed by atoms with Crippen LogP contribution < -0.4 is 0 Å². The van der Waals surface area contributed by atoms with E-state index in [1.165, 1.54) is 5.56 Å². The first kappa shape index (κ1) is 14.1. The third-order valence-electron chi connectivity index (χ3n) is 0.940. The van der Waals surface area contributed by atoms with Crippen molar-refractivity contribution in [3.8, 4) is 0 Å². The predicted octanol–water partition coefficient (Wildman–Crippen LogP) is 1.50. The van der Waals surface area contributed by atoms with Crippen LogP contribution >= 0.6 is 0 Å². The number of nitrogens with zero attached hydrogens (tertiary/aromatic N) is 1. The predicted molar refractivity (Wildman–Crippen MR) is 52.2 cm³/mol. The second-order valence-electron chi connectivity index (χ2n) is 2.09. The number of hydrogen-bond acceptors (Lipinski definition) is 3. The van der Waals surface area contributed by atoms with E-state index in [1.807, 2.05) is 18.2 Å². The molecule has 0 aliphatic carbocycles. The summed E-state index contributed by atoms with van der Waals surface area (Å²) in [5.74, 6) is 0. The Morgan fingerprint density at radius 3 is 1.69 bits per heavy atom. The quantitative estimate of drug-likeness (QED) is 0.492. The molecule has 0 saturated carbocycles. The highest BCUT2D eigenvalue weighted by atomic mass is 16.6. The lowest BCUT2D eigenvalue weighted by Crippen LogP contribution is -1.79. The van der Waals surface area contributed by atoms with Crippen molar-refractivity contribution in [2.45, 2.75) is 6.92 Å². The lowest BCUT2D eigenvalue weighted by Gasteiger charge is -1.82. The van der Waals surface area contributed by atoms with Gasteiger partial charge in [0.05, 0.1) is 0 Å². The normalized spacial score (nSPS) is 7.08. The van der Waals surface area contributed by atoms with Gasteiger partial charge in [-0.25, -0.2) is 0 Å². The van der Waals surface area contributed by atoms with Crippen LogP contribution in [-0.2, 0) is 0 Å². The first-order valence-corrected chi connectivity index (χ1v) is 3.67. The molecule has 0 aliphatic heterocycles. The minimum Gasteiger partial charge on any atom is -0.400 e. The van der Waals surface area contributed by atoms with Gasteiger partial charge in [0.1, 0.15) is 0 Å². The molecule has 0 radical (unpaired) electrons. The van der Waals surface area contributed by atoms with Crippen molar-refractivity contribution in [2.24, 2.45) is 0 Å². The van der Waals surface area contributed by atoms with Gasteiger partial charge in [0, 0.05) is 12.0 Å². The smallest absolute Gasteiger partial charge is 0.194 e. The van der Waals surface area contributed by atoms with Crippen LogP contribution in [0.15, 0.2) is 30.3 Å². The molecule has 0 bridgehead atoms. The molecule has 1 rings (SSSR count). The number of benzene rings is 1. The Balaban J connectivity index is 0. The molecule has 74 valence electrons. The number of hydrogen-bond donors (Lipinski definition) is 1. The lowest BCUT2D eigenvalue weighted by molar-refractivity contribution is -0.445. The largest absolute Gasteiger partial charge is 0.400 e. The van der Waals surface area contributed by atoms with E-state index in [9.17, 15) is 0 Å². The van der Waals surface area contributed by atoms with E-state index in [2.05, 4.69) is 19.1 Å². The molecule has 1 aromatic carbocycles. The zero-order valence-corrected chi connectivity index (χ0v) is 8.10. The molecule has 1 aromatic rings. The van der Waals surface area contributed by atoms with Crippen molar-refractivity contribution in [2.75, 3.05) is 14.2 Å².